The number of aryl methyl sites for hydroxylation is 1. The van der Waals surface area contributed by atoms with Gasteiger partial charge in [0, 0.05) is 12.0 Å². The first-order chi connectivity index (χ1) is 7.98. The van der Waals surface area contributed by atoms with Crippen LogP contribution in [0.3, 0.4) is 0 Å². The van der Waals surface area contributed by atoms with Crippen molar-refractivity contribution in [2.24, 2.45) is 5.73 Å². The van der Waals surface area contributed by atoms with Crippen LogP contribution in [-0.2, 0) is 4.79 Å². The zero-order valence-electron chi connectivity index (χ0n) is 10.3. The second-order valence-electron chi connectivity index (χ2n) is 4.99. The number of nitrogens with two attached hydrogens (primary N) is 1. The molecular formula is C12H19N3O2. The van der Waals surface area contributed by atoms with Crippen molar-refractivity contribution in [3.8, 4) is 0 Å². The molecule has 1 amide bonds. The predicted octanol–water partition coefficient (Wildman–Crippen LogP) is 1.43. The molecule has 1 unspecified atom stereocenters. The average Bonchev–Trinajstić information content (AvgIpc) is 2.62. The average molecular weight is 237 g/mol. The highest BCUT2D eigenvalue weighted by Gasteiger charge is 2.35. The van der Waals surface area contributed by atoms with Gasteiger partial charge in [0.2, 0.25) is 11.8 Å². The molecule has 1 aromatic heterocycles. The van der Waals surface area contributed by atoms with E-state index in [1.165, 1.54) is 0 Å². The summed E-state index contributed by atoms with van der Waals surface area (Å²) in [5.74, 6) is 1.25. The summed E-state index contributed by atoms with van der Waals surface area (Å²) in [4.78, 5) is 15.9. The Hall–Kier alpha value is -1.36. The molecule has 0 radical (unpaired) electrons. The van der Waals surface area contributed by atoms with Crippen LogP contribution in [0.15, 0.2) is 10.6 Å². The van der Waals surface area contributed by atoms with Gasteiger partial charge in [-0.1, -0.05) is 0 Å². The van der Waals surface area contributed by atoms with Gasteiger partial charge in [-0.2, -0.15) is 0 Å². The van der Waals surface area contributed by atoms with Crippen LogP contribution in [0, 0.1) is 6.92 Å². The van der Waals surface area contributed by atoms with Crippen LogP contribution in [-0.4, -0.2) is 16.4 Å². The molecule has 3 N–H and O–H groups in total. The van der Waals surface area contributed by atoms with E-state index in [1.54, 1.807) is 6.20 Å². The van der Waals surface area contributed by atoms with Gasteiger partial charge >= 0.3 is 0 Å². The van der Waals surface area contributed by atoms with Gasteiger partial charge in [-0.25, -0.2) is 4.98 Å². The second-order valence-corrected chi connectivity index (χ2v) is 4.99. The third-order valence-corrected chi connectivity index (χ3v) is 3.25. The van der Waals surface area contributed by atoms with Crippen LogP contribution >= 0.6 is 0 Å². The third-order valence-electron chi connectivity index (χ3n) is 3.25. The van der Waals surface area contributed by atoms with E-state index in [9.17, 15) is 4.79 Å². The van der Waals surface area contributed by atoms with Crippen molar-refractivity contribution < 1.29 is 9.21 Å². The first kappa shape index (κ1) is 12.1. The highest BCUT2D eigenvalue weighted by molar-refractivity contribution is 5.77. The summed E-state index contributed by atoms with van der Waals surface area (Å²) in [5.41, 5.74) is 5.74. The Labute approximate surface area is 101 Å². The van der Waals surface area contributed by atoms with Crippen molar-refractivity contribution in [3.05, 3.63) is 17.8 Å². The number of nitrogens with zero attached hydrogens (tertiary/aromatic N) is 1. The molecule has 1 atom stereocenters. The zero-order valence-corrected chi connectivity index (χ0v) is 10.3. The Bertz CT molecular complexity index is 410. The maximum absolute atomic E-state index is 11.8. The summed E-state index contributed by atoms with van der Waals surface area (Å²) in [6, 6.07) is -0.208. The molecule has 0 aromatic carbocycles. The number of hydrogen-bond acceptors (Lipinski definition) is 4. The van der Waals surface area contributed by atoms with Crippen molar-refractivity contribution in [3.63, 3.8) is 0 Å². The quantitative estimate of drug-likeness (QED) is 0.830. The maximum atomic E-state index is 11.8. The number of carbonyl (C=O) groups excluding carboxylic acids is 1. The fourth-order valence-corrected chi connectivity index (χ4v) is 2.05. The lowest BCUT2D eigenvalue weighted by molar-refractivity contribution is -0.123. The van der Waals surface area contributed by atoms with E-state index in [-0.39, 0.29) is 17.5 Å². The van der Waals surface area contributed by atoms with Crippen LogP contribution in [0.4, 0.5) is 0 Å². The molecule has 17 heavy (non-hydrogen) atoms. The highest BCUT2D eigenvalue weighted by atomic mass is 16.4. The number of aromatic nitrogens is 1. The monoisotopic (exact) mass is 237 g/mol. The molecule has 1 aliphatic carbocycles. The number of hydrogen-bond donors (Lipinski definition) is 2. The summed E-state index contributed by atoms with van der Waals surface area (Å²) in [6.45, 7) is 3.68. The molecule has 1 fully saturated rings. The smallest absolute Gasteiger partial charge is 0.222 e. The molecule has 5 nitrogen and oxygen atoms in total. The summed E-state index contributed by atoms with van der Waals surface area (Å²) < 4.78 is 5.36. The minimum Gasteiger partial charge on any atom is -0.444 e. The molecule has 0 bridgehead atoms. The van der Waals surface area contributed by atoms with E-state index in [0.717, 1.165) is 25.0 Å². The molecule has 2 rings (SSSR count). The van der Waals surface area contributed by atoms with Crippen LogP contribution in [0.1, 0.15) is 50.3 Å². The standard InChI is InChI=1S/C12H19N3O2/c1-8-7-14-11(17-8)9(2)15-10(16)6-12(13)4-3-5-12/h7,9H,3-6,13H2,1-2H3,(H,15,16). The van der Waals surface area contributed by atoms with E-state index >= 15 is 0 Å². The molecule has 1 aromatic rings. The largest absolute Gasteiger partial charge is 0.444 e. The van der Waals surface area contributed by atoms with Crippen molar-refractivity contribution in [2.75, 3.05) is 0 Å². The van der Waals surface area contributed by atoms with Crippen LogP contribution in [0.2, 0.25) is 0 Å². The summed E-state index contributed by atoms with van der Waals surface area (Å²) in [7, 11) is 0. The molecule has 1 aliphatic rings. The Morgan fingerprint density at radius 1 is 1.71 bits per heavy atom. The minimum atomic E-state index is -0.281. The van der Waals surface area contributed by atoms with Gasteiger partial charge in [0.25, 0.3) is 0 Å². The van der Waals surface area contributed by atoms with Crippen molar-refractivity contribution in [2.45, 2.75) is 51.1 Å². The topological polar surface area (TPSA) is 81.2 Å². The van der Waals surface area contributed by atoms with E-state index in [1.807, 2.05) is 13.8 Å². The van der Waals surface area contributed by atoms with Crippen molar-refractivity contribution >= 4 is 5.91 Å². The molecule has 0 aliphatic heterocycles. The normalized spacial score (nSPS) is 19.5. The van der Waals surface area contributed by atoms with Crippen LogP contribution in [0.5, 0.6) is 0 Å². The molecule has 1 saturated carbocycles. The van der Waals surface area contributed by atoms with Gasteiger partial charge in [-0.3, -0.25) is 4.79 Å². The zero-order chi connectivity index (χ0) is 12.5. The number of rotatable bonds is 4. The van der Waals surface area contributed by atoms with E-state index in [2.05, 4.69) is 10.3 Å². The summed E-state index contributed by atoms with van der Waals surface area (Å²) >= 11 is 0. The first-order valence-corrected chi connectivity index (χ1v) is 5.99. The highest BCUT2D eigenvalue weighted by Crippen LogP contribution is 2.32. The van der Waals surface area contributed by atoms with Gasteiger partial charge in [-0.05, 0) is 33.1 Å². The lowest BCUT2D eigenvalue weighted by Gasteiger charge is -2.37. The molecule has 0 saturated heterocycles. The van der Waals surface area contributed by atoms with Gasteiger partial charge in [0.15, 0.2) is 0 Å². The predicted molar refractivity (Wildman–Crippen MR) is 63.2 cm³/mol. The second kappa shape index (κ2) is 4.49. The SMILES string of the molecule is Cc1cnc(C(C)NC(=O)CC2(N)CCC2)o1. The lowest BCUT2D eigenvalue weighted by atomic mass is 9.75. The Kier molecular flexibility index (Phi) is 3.19. The van der Waals surface area contributed by atoms with Gasteiger partial charge in [0.05, 0.1) is 6.20 Å². The fraction of sp³-hybridized carbons (Fsp3) is 0.667. The van der Waals surface area contributed by atoms with Crippen molar-refractivity contribution in [1.82, 2.24) is 10.3 Å². The number of amides is 1. The molecular weight excluding hydrogens is 218 g/mol. The van der Waals surface area contributed by atoms with Gasteiger partial charge in [-0.15, -0.1) is 0 Å². The molecule has 0 spiro atoms. The summed E-state index contributed by atoms with van der Waals surface area (Å²) in [5, 5.41) is 2.86. The number of oxazole rings is 1. The van der Waals surface area contributed by atoms with E-state index in [4.69, 9.17) is 10.2 Å². The molecule has 94 valence electrons. The number of carbonyl (C=O) groups is 1. The van der Waals surface area contributed by atoms with E-state index < -0.39 is 0 Å². The Morgan fingerprint density at radius 3 is 2.88 bits per heavy atom. The first-order valence-electron chi connectivity index (χ1n) is 5.99. The van der Waals surface area contributed by atoms with Gasteiger partial charge in [0.1, 0.15) is 11.8 Å². The van der Waals surface area contributed by atoms with E-state index in [0.29, 0.717) is 12.3 Å². The Morgan fingerprint density at radius 2 is 2.41 bits per heavy atom. The lowest BCUT2D eigenvalue weighted by Crippen LogP contribution is -2.50. The maximum Gasteiger partial charge on any atom is 0.222 e. The molecule has 1 heterocycles. The number of nitrogens with one attached hydrogen (secondary N) is 1. The summed E-state index contributed by atoms with van der Waals surface area (Å²) in [6.07, 6.45) is 5.03. The Balaban J connectivity index is 1.86. The third kappa shape index (κ3) is 2.85. The van der Waals surface area contributed by atoms with Gasteiger partial charge < -0.3 is 15.5 Å². The fourth-order valence-electron chi connectivity index (χ4n) is 2.05. The van der Waals surface area contributed by atoms with Crippen LogP contribution < -0.4 is 11.1 Å². The minimum absolute atomic E-state index is 0.0319. The molecule has 5 heteroatoms. The van der Waals surface area contributed by atoms with Crippen molar-refractivity contribution in [1.29, 1.82) is 0 Å². The van der Waals surface area contributed by atoms with Crippen LogP contribution in [0.25, 0.3) is 0 Å².